The molecule has 72 valence electrons. The van der Waals surface area contributed by atoms with Crippen molar-refractivity contribution < 1.29 is 39.3 Å². The third kappa shape index (κ3) is 18.3. The van der Waals surface area contributed by atoms with Gasteiger partial charge in [0, 0.05) is 28.2 Å². The molecule has 0 unspecified atom stereocenters. The fourth-order valence-electron chi connectivity index (χ4n) is 0. The molecule has 0 heterocycles. The van der Waals surface area contributed by atoms with Crippen molar-refractivity contribution in [1.29, 1.82) is 0 Å². The molecule has 0 aromatic rings. The molecule has 0 radical (unpaired) electrons. The average molecular weight is 242 g/mol. The van der Waals surface area contributed by atoms with Crippen molar-refractivity contribution in [3.05, 3.63) is 0 Å². The number of carboxylic acid groups (broad SMARTS) is 2. The van der Waals surface area contributed by atoms with Crippen LogP contribution in [0.3, 0.4) is 0 Å². The van der Waals surface area contributed by atoms with Crippen molar-refractivity contribution in [3.63, 3.8) is 0 Å². The molecule has 7 heteroatoms. The zero-order valence-corrected chi connectivity index (χ0v) is 11.2. The maximum absolute atomic E-state index is 9.51. The Balaban J connectivity index is -0.000000143. The molecule has 0 aliphatic heterocycles. The van der Waals surface area contributed by atoms with Crippen molar-refractivity contribution in [3.8, 4) is 0 Å². The molecule has 0 saturated carbocycles. The summed E-state index contributed by atoms with van der Waals surface area (Å²) in [5.41, 5.74) is 0. The summed E-state index contributed by atoms with van der Waals surface area (Å²) in [5, 5.41) is 19.0. The van der Waals surface area contributed by atoms with Crippen LogP contribution in [-0.2, 0) is 19.5 Å². The first-order chi connectivity index (χ1) is 5.29. The molecule has 0 aliphatic rings. The molecule has 0 aromatic heterocycles. The average Bonchev–Trinajstić information content (AvgIpc) is 1.88. The molecular weight excluding hydrogens is 229 g/mol. The SMILES string of the molecule is CN(C)C(=O)[O-].CN(C)C(=O)[O-].[Zn+2]. The van der Waals surface area contributed by atoms with Crippen molar-refractivity contribution in [2.45, 2.75) is 0 Å². The van der Waals surface area contributed by atoms with Crippen LogP contribution in [0.5, 0.6) is 0 Å². The molecule has 13 heavy (non-hydrogen) atoms. The molecule has 0 saturated heterocycles. The first-order valence-electron chi connectivity index (χ1n) is 3.05. The van der Waals surface area contributed by atoms with Crippen molar-refractivity contribution >= 4 is 12.2 Å². The van der Waals surface area contributed by atoms with Crippen LogP contribution in [0.15, 0.2) is 0 Å². The third-order valence-electron chi connectivity index (χ3n) is 0.730. The quantitative estimate of drug-likeness (QED) is 0.450. The number of hydrogen-bond donors (Lipinski definition) is 0. The second kappa shape index (κ2) is 9.25. The standard InChI is InChI=1S/2C3H7NO2.Zn/c2*1-4(2)3(5)6;/h2*1-2H3,(H,5,6);/q;;+2/p-2. The van der Waals surface area contributed by atoms with Crippen LogP contribution in [0.25, 0.3) is 0 Å². The molecular formula is C6H12N2O4Zn. The number of hydrogen-bond acceptors (Lipinski definition) is 4. The van der Waals surface area contributed by atoms with Crippen molar-refractivity contribution in [2.24, 2.45) is 0 Å². The van der Waals surface area contributed by atoms with E-state index < -0.39 is 12.2 Å². The Hall–Kier alpha value is -0.837. The second-order valence-electron chi connectivity index (χ2n) is 2.32. The normalized spacial score (nSPS) is 7.08. The number of carbonyl (C=O) groups excluding carboxylic acids is 2. The summed E-state index contributed by atoms with van der Waals surface area (Å²) in [4.78, 5) is 21.0. The van der Waals surface area contributed by atoms with Crippen LogP contribution in [0.4, 0.5) is 9.59 Å². The Morgan fingerprint density at radius 2 is 0.923 bits per heavy atom. The summed E-state index contributed by atoms with van der Waals surface area (Å²) in [6, 6.07) is 0. The van der Waals surface area contributed by atoms with Gasteiger partial charge < -0.3 is 29.6 Å². The smallest absolute Gasteiger partial charge is 0.530 e. The van der Waals surface area contributed by atoms with E-state index in [-0.39, 0.29) is 19.5 Å². The van der Waals surface area contributed by atoms with Gasteiger partial charge in [-0.3, -0.25) is 0 Å². The molecule has 0 spiro atoms. The third-order valence-corrected chi connectivity index (χ3v) is 0.730. The van der Waals surface area contributed by atoms with Crippen LogP contribution in [0.1, 0.15) is 0 Å². The largest absolute Gasteiger partial charge is 2.00 e. The van der Waals surface area contributed by atoms with E-state index >= 15 is 0 Å². The van der Waals surface area contributed by atoms with Gasteiger partial charge >= 0.3 is 19.5 Å². The zero-order valence-electron chi connectivity index (χ0n) is 8.23. The molecule has 0 N–H and O–H groups in total. The van der Waals surface area contributed by atoms with Gasteiger partial charge in [0.05, 0.1) is 0 Å². The van der Waals surface area contributed by atoms with E-state index in [2.05, 4.69) is 0 Å². The minimum atomic E-state index is -1.16. The summed E-state index contributed by atoms with van der Waals surface area (Å²) in [6.07, 6.45) is -2.31. The molecule has 6 nitrogen and oxygen atoms in total. The Kier molecular flexibility index (Phi) is 12.8. The van der Waals surface area contributed by atoms with Gasteiger partial charge in [-0.25, -0.2) is 0 Å². The van der Waals surface area contributed by atoms with Crippen LogP contribution in [0.2, 0.25) is 0 Å². The maximum Gasteiger partial charge on any atom is 2.00 e. The molecule has 2 amide bonds. The monoisotopic (exact) mass is 240 g/mol. The number of nitrogens with zero attached hydrogens (tertiary/aromatic N) is 2. The summed E-state index contributed by atoms with van der Waals surface area (Å²) in [7, 11) is 5.65. The number of rotatable bonds is 0. The van der Waals surface area contributed by atoms with E-state index in [1.54, 1.807) is 0 Å². The fourth-order valence-corrected chi connectivity index (χ4v) is 0. The first-order valence-corrected chi connectivity index (χ1v) is 3.05. The molecule has 0 rings (SSSR count). The van der Waals surface area contributed by atoms with E-state index in [4.69, 9.17) is 0 Å². The van der Waals surface area contributed by atoms with Crippen LogP contribution < -0.4 is 10.2 Å². The van der Waals surface area contributed by atoms with E-state index in [0.29, 0.717) is 0 Å². The predicted octanol–water partition coefficient (Wildman–Crippen LogP) is -2.22. The van der Waals surface area contributed by atoms with E-state index in [0.717, 1.165) is 9.80 Å². The van der Waals surface area contributed by atoms with Crippen molar-refractivity contribution in [1.82, 2.24) is 9.80 Å². The topological polar surface area (TPSA) is 86.7 Å². The van der Waals surface area contributed by atoms with E-state index in [9.17, 15) is 19.8 Å². The van der Waals surface area contributed by atoms with Crippen LogP contribution >= 0.6 is 0 Å². The van der Waals surface area contributed by atoms with E-state index in [1.807, 2.05) is 0 Å². The number of carbonyl (C=O) groups is 2. The van der Waals surface area contributed by atoms with Gasteiger partial charge in [0.2, 0.25) is 0 Å². The maximum atomic E-state index is 9.51. The predicted molar refractivity (Wildman–Crippen MR) is 38.2 cm³/mol. The molecule has 0 fully saturated rings. The Morgan fingerprint density at radius 1 is 0.846 bits per heavy atom. The van der Waals surface area contributed by atoms with Gasteiger partial charge in [-0.05, 0) is 0 Å². The summed E-state index contributed by atoms with van der Waals surface area (Å²) in [6.45, 7) is 0. The summed E-state index contributed by atoms with van der Waals surface area (Å²) < 4.78 is 0. The van der Waals surface area contributed by atoms with Gasteiger partial charge in [0.15, 0.2) is 0 Å². The Labute approximate surface area is 89.9 Å². The summed E-state index contributed by atoms with van der Waals surface area (Å²) in [5.74, 6) is 0. The Morgan fingerprint density at radius 3 is 0.923 bits per heavy atom. The second-order valence-corrected chi connectivity index (χ2v) is 2.32. The van der Waals surface area contributed by atoms with Gasteiger partial charge in [0.1, 0.15) is 12.2 Å². The molecule has 0 aromatic carbocycles. The van der Waals surface area contributed by atoms with Crippen LogP contribution in [-0.4, -0.2) is 50.2 Å². The van der Waals surface area contributed by atoms with Gasteiger partial charge in [-0.1, -0.05) is 0 Å². The Bertz CT molecular complexity index is 143. The molecule has 0 aliphatic carbocycles. The minimum absolute atomic E-state index is 0. The minimum Gasteiger partial charge on any atom is -0.530 e. The van der Waals surface area contributed by atoms with Gasteiger partial charge in [-0.15, -0.1) is 0 Å². The van der Waals surface area contributed by atoms with Crippen LogP contribution in [0, 0.1) is 0 Å². The van der Waals surface area contributed by atoms with Gasteiger partial charge in [0.25, 0.3) is 0 Å². The first kappa shape index (κ1) is 18.1. The molecule has 0 bridgehead atoms. The fraction of sp³-hybridized carbons (Fsp3) is 0.667. The molecule has 0 atom stereocenters. The zero-order chi connectivity index (χ0) is 10.3. The van der Waals surface area contributed by atoms with E-state index in [1.165, 1.54) is 28.2 Å². The summed E-state index contributed by atoms with van der Waals surface area (Å²) >= 11 is 0. The van der Waals surface area contributed by atoms with Gasteiger partial charge in [-0.2, -0.15) is 0 Å². The van der Waals surface area contributed by atoms with Crippen molar-refractivity contribution in [2.75, 3.05) is 28.2 Å². The number of amides is 2.